The maximum Gasteiger partial charge on any atom is 0.271 e. The molecule has 0 aliphatic carbocycles. The monoisotopic (exact) mass is 333 g/mol. The summed E-state index contributed by atoms with van der Waals surface area (Å²) in [6, 6.07) is 3.04. The van der Waals surface area contributed by atoms with Crippen molar-refractivity contribution in [2.75, 3.05) is 18.0 Å². The smallest absolute Gasteiger partial charge is 0.271 e. The lowest BCUT2D eigenvalue weighted by Gasteiger charge is -2.20. The fourth-order valence-electron chi connectivity index (χ4n) is 3.40. The molecule has 0 atom stereocenters. The number of aromatic amines is 1. The lowest BCUT2D eigenvalue weighted by Crippen LogP contribution is -2.20. The Balaban J connectivity index is 2.13. The third-order valence-corrected chi connectivity index (χ3v) is 5.42. The Morgan fingerprint density at radius 2 is 2.00 bits per heavy atom. The molecule has 7 heteroatoms. The zero-order valence-corrected chi connectivity index (χ0v) is 13.5. The van der Waals surface area contributed by atoms with Gasteiger partial charge in [-0.25, -0.2) is 4.39 Å². The van der Waals surface area contributed by atoms with Crippen LogP contribution < -0.4 is 15.9 Å². The second kappa shape index (κ2) is 5.19. The molecular formula is C16H16FN3O2S. The van der Waals surface area contributed by atoms with Crippen molar-refractivity contribution in [3.8, 4) is 0 Å². The topological polar surface area (TPSA) is 58.1 Å². The molecule has 1 saturated heterocycles. The molecule has 4 rings (SSSR count). The zero-order chi connectivity index (χ0) is 16.1. The number of aryl methyl sites for hydroxylation is 1. The minimum Gasteiger partial charge on any atom is -0.369 e. The quantitative estimate of drug-likeness (QED) is 0.784. The average molecular weight is 333 g/mol. The van der Waals surface area contributed by atoms with E-state index in [9.17, 15) is 14.0 Å². The fourth-order valence-corrected chi connectivity index (χ4v) is 4.32. The van der Waals surface area contributed by atoms with Gasteiger partial charge in [-0.2, -0.15) is 0 Å². The van der Waals surface area contributed by atoms with E-state index in [-0.39, 0.29) is 10.8 Å². The van der Waals surface area contributed by atoms with E-state index in [1.807, 2.05) is 16.4 Å². The molecule has 3 aromatic rings. The highest BCUT2D eigenvalue weighted by atomic mass is 32.1. The van der Waals surface area contributed by atoms with Crippen LogP contribution in [0.4, 0.5) is 10.1 Å². The number of halogens is 1. The average Bonchev–Trinajstić information content (AvgIpc) is 3.18. The first-order valence-electron chi connectivity index (χ1n) is 7.74. The summed E-state index contributed by atoms with van der Waals surface area (Å²) in [4.78, 5) is 27.2. The minimum absolute atomic E-state index is 0.123. The van der Waals surface area contributed by atoms with Gasteiger partial charge in [0.05, 0.1) is 11.2 Å². The molecule has 120 valence electrons. The van der Waals surface area contributed by atoms with Gasteiger partial charge in [0.15, 0.2) is 0 Å². The summed E-state index contributed by atoms with van der Waals surface area (Å²) in [5.74, 6) is -0.398. The van der Waals surface area contributed by atoms with E-state index >= 15 is 0 Å². The van der Waals surface area contributed by atoms with Crippen LogP contribution >= 0.6 is 11.5 Å². The van der Waals surface area contributed by atoms with Gasteiger partial charge in [-0.1, -0.05) is 0 Å². The summed E-state index contributed by atoms with van der Waals surface area (Å²) in [5, 5.41) is 0.390. The van der Waals surface area contributed by atoms with Gasteiger partial charge in [-0.15, -0.1) is 0 Å². The number of benzene rings is 1. The Morgan fingerprint density at radius 3 is 2.70 bits per heavy atom. The lowest BCUT2D eigenvalue weighted by molar-refractivity contribution is 0.624. The van der Waals surface area contributed by atoms with E-state index in [1.165, 1.54) is 6.07 Å². The van der Waals surface area contributed by atoms with E-state index in [0.717, 1.165) is 37.5 Å². The second-order valence-electron chi connectivity index (χ2n) is 5.80. The van der Waals surface area contributed by atoms with Crippen LogP contribution in [0.25, 0.3) is 21.1 Å². The number of aromatic nitrogens is 2. The van der Waals surface area contributed by atoms with Gasteiger partial charge in [-0.3, -0.25) is 14.0 Å². The van der Waals surface area contributed by atoms with Crippen molar-refractivity contribution in [1.29, 1.82) is 0 Å². The number of H-pyrrole nitrogens is 1. The van der Waals surface area contributed by atoms with Crippen LogP contribution in [-0.2, 0) is 6.54 Å². The van der Waals surface area contributed by atoms with Crippen molar-refractivity contribution in [3.63, 3.8) is 0 Å². The number of nitrogens with zero attached hydrogens (tertiary/aromatic N) is 2. The molecule has 0 amide bonds. The number of anilines is 1. The summed E-state index contributed by atoms with van der Waals surface area (Å²) in [6.07, 6.45) is 2.10. The van der Waals surface area contributed by atoms with Gasteiger partial charge in [-0.05, 0) is 43.4 Å². The van der Waals surface area contributed by atoms with E-state index < -0.39 is 16.8 Å². The number of hydrogen-bond donors (Lipinski definition) is 1. The van der Waals surface area contributed by atoms with Crippen molar-refractivity contribution in [2.24, 2.45) is 0 Å². The van der Waals surface area contributed by atoms with E-state index in [1.54, 1.807) is 6.07 Å². The summed E-state index contributed by atoms with van der Waals surface area (Å²) < 4.78 is 19.1. The zero-order valence-electron chi connectivity index (χ0n) is 12.7. The summed E-state index contributed by atoms with van der Waals surface area (Å²) in [7, 11) is 0. The molecular weight excluding hydrogens is 317 g/mol. The molecule has 1 aromatic carbocycles. The van der Waals surface area contributed by atoms with Crippen LogP contribution in [0.1, 0.15) is 19.8 Å². The van der Waals surface area contributed by atoms with Crippen molar-refractivity contribution >= 4 is 38.3 Å². The maximum atomic E-state index is 14.5. The Hall–Kier alpha value is -2.15. The fraction of sp³-hybridized carbons (Fsp3) is 0.375. The molecule has 1 fully saturated rings. The van der Waals surface area contributed by atoms with Crippen molar-refractivity contribution in [3.05, 3.63) is 38.5 Å². The highest BCUT2D eigenvalue weighted by Crippen LogP contribution is 2.29. The van der Waals surface area contributed by atoms with Gasteiger partial charge in [0, 0.05) is 25.0 Å². The molecule has 5 nitrogen and oxygen atoms in total. The van der Waals surface area contributed by atoms with Gasteiger partial charge in [0.1, 0.15) is 16.0 Å². The molecule has 0 bridgehead atoms. The number of hydrogen-bond acceptors (Lipinski definition) is 4. The van der Waals surface area contributed by atoms with Gasteiger partial charge >= 0.3 is 0 Å². The molecule has 1 N–H and O–H groups in total. The van der Waals surface area contributed by atoms with Crippen molar-refractivity contribution in [2.45, 2.75) is 26.3 Å². The number of pyridine rings is 1. The summed E-state index contributed by atoms with van der Waals surface area (Å²) >= 11 is 1.15. The van der Waals surface area contributed by atoms with E-state index in [4.69, 9.17) is 0 Å². The number of rotatable bonds is 2. The van der Waals surface area contributed by atoms with Crippen LogP contribution in [0.5, 0.6) is 0 Å². The summed E-state index contributed by atoms with van der Waals surface area (Å²) in [5.41, 5.74) is 0.430. The van der Waals surface area contributed by atoms with Crippen LogP contribution in [0.2, 0.25) is 0 Å². The molecule has 0 unspecified atom stereocenters. The van der Waals surface area contributed by atoms with E-state index in [0.29, 0.717) is 22.6 Å². The first-order chi connectivity index (χ1) is 11.1. The molecule has 1 aliphatic rings. The maximum absolute atomic E-state index is 14.5. The Labute approximate surface area is 135 Å². The SMILES string of the molecule is CCn1c2cc(N3CCCC3)c(F)cc2c(=O)c2c(=O)[nH]sc21. The second-order valence-corrected chi connectivity index (χ2v) is 6.60. The highest BCUT2D eigenvalue weighted by molar-refractivity contribution is 7.12. The standard InChI is InChI=1S/C16H16FN3O2S/c1-2-20-11-8-12(19-5-3-4-6-19)10(17)7-9(11)14(21)13-15(22)18-23-16(13)20/h7-8H,2-6H2,1H3,(H,18,22). The molecule has 0 spiro atoms. The van der Waals surface area contributed by atoms with E-state index in [2.05, 4.69) is 4.37 Å². The molecule has 0 saturated carbocycles. The van der Waals surface area contributed by atoms with Gasteiger partial charge in [0.2, 0.25) is 5.43 Å². The number of nitrogens with one attached hydrogen (secondary N) is 1. The first kappa shape index (κ1) is 14.4. The normalized spacial score (nSPS) is 15.1. The predicted molar refractivity (Wildman–Crippen MR) is 91.3 cm³/mol. The summed E-state index contributed by atoms with van der Waals surface area (Å²) in [6.45, 7) is 4.22. The third kappa shape index (κ3) is 2.03. The van der Waals surface area contributed by atoms with Crippen LogP contribution in [0, 0.1) is 5.82 Å². The molecule has 23 heavy (non-hydrogen) atoms. The molecule has 1 aliphatic heterocycles. The molecule has 3 heterocycles. The van der Waals surface area contributed by atoms with Gasteiger partial charge < -0.3 is 9.47 Å². The lowest BCUT2D eigenvalue weighted by atomic mass is 10.1. The first-order valence-corrected chi connectivity index (χ1v) is 8.55. The molecule has 2 aromatic heterocycles. The van der Waals surface area contributed by atoms with Crippen LogP contribution in [0.3, 0.4) is 0 Å². The van der Waals surface area contributed by atoms with Crippen molar-refractivity contribution in [1.82, 2.24) is 8.94 Å². The highest BCUT2D eigenvalue weighted by Gasteiger charge is 2.21. The Kier molecular flexibility index (Phi) is 3.26. The predicted octanol–water partition coefficient (Wildman–Crippen LogP) is 2.66. The largest absolute Gasteiger partial charge is 0.369 e. The Morgan fingerprint density at radius 1 is 1.26 bits per heavy atom. The van der Waals surface area contributed by atoms with Crippen LogP contribution in [-0.4, -0.2) is 22.0 Å². The number of fused-ring (bicyclic) bond motifs is 2. The van der Waals surface area contributed by atoms with Crippen LogP contribution in [0.15, 0.2) is 21.7 Å². The van der Waals surface area contributed by atoms with Crippen molar-refractivity contribution < 1.29 is 4.39 Å². The molecule has 0 radical (unpaired) electrons. The Bertz CT molecular complexity index is 1030. The third-order valence-electron chi connectivity index (χ3n) is 4.52. The minimum atomic E-state index is -0.400. The van der Waals surface area contributed by atoms with Gasteiger partial charge in [0.25, 0.3) is 5.56 Å².